The van der Waals surface area contributed by atoms with Crippen molar-refractivity contribution < 1.29 is 19.8 Å². The minimum absolute atomic E-state index is 0.106. The maximum atomic E-state index is 12.5. The van der Waals surface area contributed by atoms with Crippen LogP contribution in [0.1, 0.15) is 40.0 Å². The highest BCUT2D eigenvalue weighted by atomic mass is 16.4. The van der Waals surface area contributed by atoms with Crippen molar-refractivity contribution >= 4 is 12.0 Å². The minimum Gasteiger partial charge on any atom is -0.480 e. The van der Waals surface area contributed by atoms with E-state index in [1.54, 1.807) is 4.90 Å². The molecule has 6 heteroatoms. The lowest BCUT2D eigenvalue weighted by atomic mass is 10.0. The van der Waals surface area contributed by atoms with Gasteiger partial charge in [0.05, 0.1) is 6.10 Å². The van der Waals surface area contributed by atoms with E-state index >= 15 is 0 Å². The van der Waals surface area contributed by atoms with Gasteiger partial charge in [0.1, 0.15) is 6.04 Å². The average molecular weight is 286 g/mol. The van der Waals surface area contributed by atoms with Crippen LogP contribution in [0.25, 0.3) is 0 Å². The molecule has 2 N–H and O–H groups in total. The Hall–Kier alpha value is -1.30. The number of hydrogen-bond donors (Lipinski definition) is 2. The molecule has 0 saturated carbocycles. The van der Waals surface area contributed by atoms with Gasteiger partial charge in [0.25, 0.3) is 0 Å². The summed E-state index contributed by atoms with van der Waals surface area (Å²) in [5, 5.41) is 18.8. The SMILES string of the molecule is CCC(CC)CN(CC)C(=O)N1CC(O)C[C@H]1C(=O)O. The number of carboxylic acids is 1. The minimum atomic E-state index is -1.05. The highest BCUT2D eigenvalue weighted by molar-refractivity contribution is 5.83. The maximum absolute atomic E-state index is 12.5. The Morgan fingerprint density at radius 1 is 1.30 bits per heavy atom. The van der Waals surface area contributed by atoms with Crippen molar-refractivity contribution in [2.75, 3.05) is 19.6 Å². The Morgan fingerprint density at radius 2 is 1.90 bits per heavy atom. The summed E-state index contributed by atoms with van der Waals surface area (Å²) in [6.45, 7) is 7.37. The van der Waals surface area contributed by atoms with E-state index in [1.807, 2.05) is 6.92 Å². The molecule has 116 valence electrons. The fourth-order valence-corrected chi connectivity index (χ4v) is 2.64. The number of nitrogens with zero attached hydrogens (tertiary/aromatic N) is 2. The van der Waals surface area contributed by atoms with Gasteiger partial charge in [0.2, 0.25) is 0 Å². The smallest absolute Gasteiger partial charge is 0.326 e. The first-order valence-corrected chi connectivity index (χ1v) is 7.40. The molecule has 0 radical (unpaired) electrons. The van der Waals surface area contributed by atoms with Crippen LogP contribution in [0.3, 0.4) is 0 Å². The van der Waals surface area contributed by atoms with Gasteiger partial charge in [-0.1, -0.05) is 26.7 Å². The van der Waals surface area contributed by atoms with Gasteiger partial charge in [0, 0.05) is 26.1 Å². The van der Waals surface area contributed by atoms with Gasteiger partial charge in [-0.05, 0) is 12.8 Å². The lowest BCUT2D eigenvalue weighted by molar-refractivity contribution is -0.141. The van der Waals surface area contributed by atoms with E-state index in [2.05, 4.69) is 13.8 Å². The number of aliphatic carboxylic acids is 1. The number of carboxylic acid groups (broad SMARTS) is 1. The summed E-state index contributed by atoms with van der Waals surface area (Å²) in [6, 6.07) is -1.18. The normalized spacial score (nSPS) is 22.4. The molecule has 1 unspecified atom stereocenters. The fraction of sp³-hybridized carbons (Fsp3) is 0.857. The molecule has 0 aliphatic carbocycles. The molecule has 1 aliphatic rings. The lowest BCUT2D eigenvalue weighted by Crippen LogP contribution is -2.49. The van der Waals surface area contributed by atoms with Gasteiger partial charge in [-0.3, -0.25) is 0 Å². The van der Waals surface area contributed by atoms with Crippen LogP contribution in [-0.4, -0.2) is 63.8 Å². The number of aliphatic hydroxyl groups is 1. The van der Waals surface area contributed by atoms with Crippen LogP contribution < -0.4 is 0 Å². The Bertz CT molecular complexity index is 344. The number of carbonyl (C=O) groups excluding carboxylic acids is 1. The van der Waals surface area contributed by atoms with Crippen molar-refractivity contribution in [3.05, 3.63) is 0 Å². The summed E-state index contributed by atoms with van der Waals surface area (Å²) in [4.78, 5) is 26.6. The van der Waals surface area contributed by atoms with E-state index in [-0.39, 0.29) is 19.0 Å². The molecule has 0 aromatic heterocycles. The zero-order chi connectivity index (χ0) is 15.3. The Morgan fingerprint density at radius 3 is 2.35 bits per heavy atom. The second kappa shape index (κ2) is 7.47. The van der Waals surface area contributed by atoms with Crippen molar-refractivity contribution in [2.24, 2.45) is 5.92 Å². The average Bonchev–Trinajstić information content (AvgIpc) is 2.82. The highest BCUT2D eigenvalue weighted by Crippen LogP contribution is 2.21. The van der Waals surface area contributed by atoms with E-state index in [1.165, 1.54) is 4.90 Å². The van der Waals surface area contributed by atoms with Gasteiger partial charge in [-0.2, -0.15) is 0 Å². The summed E-state index contributed by atoms with van der Waals surface area (Å²) in [7, 11) is 0. The summed E-state index contributed by atoms with van der Waals surface area (Å²) in [5.41, 5.74) is 0. The number of rotatable bonds is 6. The summed E-state index contributed by atoms with van der Waals surface area (Å²) in [6.07, 6.45) is 1.35. The molecular formula is C14H26N2O4. The van der Waals surface area contributed by atoms with Crippen LogP contribution in [0.15, 0.2) is 0 Å². The van der Waals surface area contributed by atoms with Gasteiger partial charge < -0.3 is 20.0 Å². The summed E-state index contributed by atoms with van der Waals surface area (Å²) >= 11 is 0. The second-order valence-electron chi connectivity index (χ2n) is 5.40. The first kappa shape index (κ1) is 16.8. The van der Waals surface area contributed by atoms with Crippen molar-refractivity contribution in [1.82, 2.24) is 9.80 Å². The van der Waals surface area contributed by atoms with Gasteiger partial charge in [0.15, 0.2) is 0 Å². The van der Waals surface area contributed by atoms with Crippen molar-refractivity contribution in [2.45, 2.75) is 52.2 Å². The molecule has 0 aromatic carbocycles. The number of urea groups is 1. The molecule has 1 aliphatic heterocycles. The Labute approximate surface area is 120 Å². The third kappa shape index (κ3) is 3.85. The molecule has 2 amide bonds. The molecule has 1 rings (SSSR count). The molecule has 0 spiro atoms. The summed E-state index contributed by atoms with van der Waals surface area (Å²) in [5.74, 6) is -0.622. The molecule has 1 saturated heterocycles. The first-order valence-electron chi connectivity index (χ1n) is 7.40. The van der Waals surface area contributed by atoms with Gasteiger partial charge in [-0.15, -0.1) is 0 Å². The van der Waals surface area contributed by atoms with Crippen LogP contribution in [0, 0.1) is 5.92 Å². The first-order chi connectivity index (χ1) is 9.44. The third-order valence-corrected chi connectivity index (χ3v) is 4.10. The lowest BCUT2D eigenvalue weighted by Gasteiger charge is -2.31. The molecule has 0 aromatic rings. The Kier molecular flexibility index (Phi) is 6.26. The summed E-state index contributed by atoms with van der Waals surface area (Å²) < 4.78 is 0. The van der Waals surface area contributed by atoms with Crippen LogP contribution in [0.2, 0.25) is 0 Å². The molecule has 1 fully saturated rings. The number of hydrogen-bond acceptors (Lipinski definition) is 3. The van der Waals surface area contributed by atoms with Crippen LogP contribution in [0.4, 0.5) is 4.79 Å². The van der Waals surface area contributed by atoms with Crippen LogP contribution in [0.5, 0.6) is 0 Å². The molecule has 2 atom stereocenters. The Balaban J connectivity index is 2.76. The van der Waals surface area contributed by atoms with E-state index < -0.39 is 18.1 Å². The molecule has 0 bridgehead atoms. The number of likely N-dealkylation sites (tertiary alicyclic amines) is 1. The molecule has 6 nitrogen and oxygen atoms in total. The van der Waals surface area contributed by atoms with Gasteiger partial charge >= 0.3 is 12.0 Å². The topological polar surface area (TPSA) is 81.1 Å². The van der Waals surface area contributed by atoms with E-state index in [9.17, 15) is 14.7 Å². The van der Waals surface area contributed by atoms with E-state index in [4.69, 9.17) is 5.11 Å². The predicted molar refractivity (Wildman–Crippen MR) is 75.5 cm³/mol. The standard InChI is InChI=1S/C14H26N2O4/c1-4-10(5-2)8-15(6-3)14(20)16-9-11(17)7-12(16)13(18)19/h10-12,17H,4-9H2,1-3H3,(H,18,19)/t11?,12-/m0/s1. The van der Waals surface area contributed by atoms with E-state index in [0.29, 0.717) is 19.0 Å². The number of β-amino-alcohol motifs (C(OH)–C–C–N with tert-alkyl or cyclic N) is 1. The zero-order valence-electron chi connectivity index (χ0n) is 12.6. The number of amides is 2. The molecule has 1 heterocycles. The molecular weight excluding hydrogens is 260 g/mol. The quantitative estimate of drug-likeness (QED) is 0.773. The predicted octanol–water partition coefficient (Wildman–Crippen LogP) is 1.38. The third-order valence-electron chi connectivity index (χ3n) is 4.10. The largest absolute Gasteiger partial charge is 0.480 e. The van der Waals surface area contributed by atoms with Crippen molar-refractivity contribution in [1.29, 1.82) is 0 Å². The van der Waals surface area contributed by atoms with Crippen molar-refractivity contribution in [3.8, 4) is 0 Å². The number of aliphatic hydroxyl groups excluding tert-OH is 1. The molecule has 20 heavy (non-hydrogen) atoms. The zero-order valence-corrected chi connectivity index (χ0v) is 12.6. The number of carbonyl (C=O) groups is 2. The van der Waals surface area contributed by atoms with Crippen LogP contribution >= 0.6 is 0 Å². The maximum Gasteiger partial charge on any atom is 0.326 e. The second-order valence-corrected chi connectivity index (χ2v) is 5.40. The monoisotopic (exact) mass is 286 g/mol. The van der Waals surface area contributed by atoms with Crippen molar-refractivity contribution in [3.63, 3.8) is 0 Å². The van der Waals surface area contributed by atoms with Gasteiger partial charge in [-0.25, -0.2) is 9.59 Å². The highest BCUT2D eigenvalue weighted by Gasteiger charge is 2.40. The fourth-order valence-electron chi connectivity index (χ4n) is 2.64. The van der Waals surface area contributed by atoms with Crippen LogP contribution in [-0.2, 0) is 4.79 Å². The van der Waals surface area contributed by atoms with E-state index in [0.717, 1.165) is 12.8 Å².